The van der Waals surface area contributed by atoms with Gasteiger partial charge in [-0.25, -0.2) is 4.79 Å². The number of likely N-dealkylation sites (tertiary alicyclic amines) is 1. The number of fused-ring (bicyclic) bond motifs is 1. The topological polar surface area (TPSA) is 178 Å². The van der Waals surface area contributed by atoms with E-state index in [1.165, 1.54) is 17.0 Å². The number of amides is 3. The Hall–Kier alpha value is -5.16. The Morgan fingerprint density at radius 2 is 1.56 bits per heavy atom. The van der Waals surface area contributed by atoms with E-state index in [4.69, 9.17) is 5.73 Å². The minimum Gasteiger partial charge on any atom is -0.508 e. The van der Waals surface area contributed by atoms with E-state index in [1.54, 1.807) is 18.3 Å². The van der Waals surface area contributed by atoms with Crippen LogP contribution in [0.1, 0.15) is 29.5 Å². The number of nitrogens with zero attached hydrogens (tertiary/aromatic N) is 1. The number of carbonyl (C=O) groups excluding carboxylic acids is 3. The zero-order valence-electron chi connectivity index (χ0n) is 24.7. The molecule has 1 fully saturated rings. The Morgan fingerprint density at radius 1 is 0.867 bits per heavy atom. The molecule has 1 saturated heterocycles. The lowest BCUT2D eigenvalue weighted by atomic mass is 10.0. The lowest BCUT2D eigenvalue weighted by Crippen LogP contribution is -2.57. The summed E-state index contributed by atoms with van der Waals surface area (Å²) in [7, 11) is 0. The normalized spacial score (nSPS) is 16.6. The van der Waals surface area contributed by atoms with E-state index < -0.39 is 42.0 Å². The SMILES string of the molecule is NC(Cc1ccc(O)cc1)C(=O)N1CCCC1C(=O)NC(Cc1ccccc1)C(=O)NC(Cc1c[nH]c2ccccc12)C(=O)O. The summed E-state index contributed by atoms with van der Waals surface area (Å²) in [5.41, 5.74) is 9.39. The Balaban J connectivity index is 1.29. The number of hydrogen-bond donors (Lipinski definition) is 6. The van der Waals surface area contributed by atoms with Crippen LogP contribution < -0.4 is 16.4 Å². The van der Waals surface area contributed by atoms with Crippen molar-refractivity contribution in [3.05, 3.63) is 102 Å². The Kier molecular flexibility index (Phi) is 9.79. The molecule has 0 saturated carbocycles. The zero-order valence-corrected chi connectivity index (χ0v) is 24.7. The third kappa shape index (κ3) is 7.68. The number of rotatable bonds is 12. The third-order valence-electron chi connectivity index (χ3n) is 8.18. The molecule has 11 nitrogen and oxygen atoms in total. The van der Waals surface area contributed by atoms with Crippen molar-refractivity contribution in [3.63, 3.8) is 0 Å². The van der Waals surface area contributed by atoms with Crippen LogP contribution in [0.15, 0.2) is 85.1 Å². The lowest BCUT2D eigenvalue weighted by Gasteiger charge is -2.29. The summed E-state index contributed by atoms with van der Waals surface area (Å²) in [6, 6.07) is 19.0. The molecule has 11 heteroatoms. The molecule has 3 amide bonds. The number of carbonyl (C=O) groups is 4. The fourth-order valence-electron chi connectivity index (χ4n) is 5.81. The highest BCUT2D eigenvalue weighted by Gasteiger charge is 2.38. The molecular weight excluding hydrogens is 574 g/mol. The highest BCUT2D eigenvalue weighted by molar-refractivity contribution is 5.95. The molecule has 0 aliphatic carbocycles. The number of H-pyrrole nitrogens is 1. The van der Waals surface area contributed by atoms with Crippen LogP contribution in [0, 0.1) is 0 Å². The monoisotopic (exact) mass is 611 g/mol. The Bertz CT molecular complexity index is 1650. The molecule has 1 aliphatic heterocycles. The molecule has 5 rings (SSSR count). The molecule has 0 bridgehead atoms. The minimum absolute atomic E-state index is 0.0426. The predicted molar refractivity (Wildman–Crippen MR) is 168 cm³/mol. The molecular formula is C34H37N5O6. The number of aromatic hydroxyl groups is 1. The van der Waals surface area contributed by atoms with Crippen molar-refractivity contribution in [1.82, 2.24) is 20.5 Å². The van der Waals surface area contributed by atoms with Gasteiger partial charge in [-0.3, -0.25) is 14.4 Å². The molecule has 0 spiro atoms. The maximum atomic E-state index is 13.6. The first-order valence-corrected chi connectivity index (χ1v) is 15.0. The van der Waals surface area contributed by atoms with Crippen molar-refractivity contribution in [2.24, 2.45) is 5.73 Å². The maximum absolute atomic E-state index is 13.6. The first-order valence-electron chi connectivity index (χ1n) is 15.0. The lowest BCUT2D eigenvalue weighted by molar-refractivity contribution is -0.143. The van der Waals surface area contributed by atoms with Gasteiger partial charge in [0.1, 0.15) is 23.9 Å². The van der Waals surface area contributed by atoms with Gasteiger partial charge in [0.15, 0.2) is 0 Å². The molecule has 234 valence electrons. The Morgan fingerprint density at radius 3 is 2.29 bits per heavy atom. The average Bonchev–Trinajstić information content (AvgIpc) is 3.69. The number of hydrogen-bond acceptors (Lipinski definition) is 6. The summed E-state index contributed by atoms with van der Waals surface area (Å²) in [5, 5.41) is 25.8. The largest absolute Gasteiger partial charge is 0.508 e. The number of carboxylic acid groups (broad SMARTS) is 1. The van der Waals surface area contributed by atoms with Crippen molar-refractivity contribution in [3.8, 4) is 5.75 Å². The van der Waals surface area contributed by atoms with Crippen LogP contribution in [0.4, 0.5) is 0 Å². The van der Waals surface area contributed by atoms with Crippen LogP contribution in [-0.2, 0) is 38.4 Å². The summed E-state index contributed by atoms with van der Waals surface area (Å²) >= 11 is 0. The molecule has 45 heavy (non-hydrogen) atoms. The minimum atomic E-state index is -1.24. The highest BCUT2D eigenvalue weighted by Crippen LogP contribution is 2.21. The molecule has 4 unspecified atom stereocenters. The van der Waals surface area contributed by atoms with Crippen LogP contribution >= 0.6 is 0 Å². The number of nitrogens with two attached hydrogens (primary N) is 1. The van der Waals surface area contributed by atoms with Crippen molar-refractivity contribution in [1.29, 1.82) is 0 Å². The summed E-state index contributed by atoms with van der Waals surface area (Å²) < 4.78 is 0. The standard InChI is InChI=1S/C34H37N5O6/c35-26(17-22-12-14-24(40)15-13-22)33(43)39-16-6-11-30(39)32(42)37-28(18-21-7-2-1-3-8-21)31(41)38-29(34(44)45)19-23-20-36-27-10-5-4-9-25(23)27/h1-5,7-10,12-15,20,26,28-30,36,40H,6,11,16-19,35H2,(H,37,42)(H,38,41)(H,44,45). The van der Waals surface area contributed by atoms with Gasteiger partial charge in [-0.1, -0.05) is 60.7 Å². The first kappa shape index (κ1) is 31.3. The van der Waals surface area contributed by atoms with Gasteiger partial charge in [0.2, 0.25) is 17.7 Å². The summed E-state index contributed by atoms with van der Waals surface area (Å²) in [5.74, 6) is -2.61. The molecule has 2 heterocycles. The number of phenols is 1. The molecule has 1 aromatic heterocycles. The van der Waals surface area contributed by atoms with Crippen LogP contribution in [0.25, 0.3) is 10.9 Å². The smallest absolute Gasteiger partial charge is 0.326 e. The number of aliphatic carboxylic acids is 1. The molecule has 1 aliphatic rings. The number of nitrogens with one attached hydrogen (secondary N) is 3. The van der Waals surface area contributed by atoms with Crippen molar-refractivity contribution in [2.75, 3.05) is 6.54 Å². The quantitative estimate of drug-likeness (QED) is 0.142. The number of carboxylic acids is 1. The van der Waals surface area contributed by atoms with E-state index in [-0.39, 0.29) is 30.9 Å². The van der Waals surface area contributed by atoms with Crippen molar-refractivity contribution < 1.29 is 29.4 Å². The second-order valence-electron chi connectivity index (χ2n) is 11.4. The van der Waals surface area contributed by atoms with Crippen molar-refractivity contribution in [2.45, 2.75) is 56.3 Å². The molecule has 0 radical (unpaired) electrons. The fraction of sp³-hybridized carbons (Fsp3) is 0.294. The van der Waals surface area contributed by atoms with Gasteiger partial charge >= 0.3 is 5.97 Å². The van der Waals surface area contributed by atoms with Crippen LogP contribution in [0.2, 0.25) is 0 Å². The van der Waals surface area contributed by atoms with Gasteiger partial charge in [0.05, 0.1) is 6.04 Å². The van der Waals surface area contributed by atoms with Gasteiger partial charge in [-0.15, -0.1) is 0 Å². The number of para-hydroxylation sites is 1. The number of aromatic nitrogens is 1. The Labute approximate surface area is 260 Å². The van der Waals surface area contributed by atoms with Gasteiger partial charge in [-0.2, -0.15) is 0 Å². The number of aromatic amines is 1. The maximum Gasteiger partial charge on any atom is 0.326 e. The van der Waals surface area contributed by atoms with E-state index in [0.717, 1.165) is 27.6 Å². The van der Waals surface area contributed by atoms with Gasteiger partial charge in [0.25, 0.3) is 0 Å². The van der Waals surface area contributed by atoms with E-state index >= 15 is 0 Å². The third-order valence-corrected chi connectivity index (χ3v) is 8.18. The van der Waals surface area contributed by atoms with E-state index in [9.17, 15) is 29.4 Å². The molecule has 4 atom stereocenters. The second-order valence-corrected chi connectivity index (χ2v) is 11.4. The summed E-state index contributed by atoms with van der Waals surface area (Å²) in [6.45, 7) is 0.349. The van der Waals surface area contributed by atoms with Crippen molar-refractivity contribution >= 4 is 34.6 Å². The zero-order chi connectivity index (χ0) is 31.9. The molecule has 4 aromatic rings. The number of phenolic OH excluding ortho intramolecular Hbond substituents is 1. The second kappa shape index (κ2) is 14.1. The van der Waals surface area contributed by atoms with Gasteiger partial charge < -0.3 is 36.5 Å². The predicted octanol–water partition coefficient (Wildman–Crippen LogP) is 2.27. The molecule has 7 N–H and O–H groups in total. The van der Waals surface area contributed by atoms with E-state index in [2.05, 4.69) is 15.6 Å². The molecule has 3 aromatic carbocycles. The van der Waals surface area contributed by atoms with Crippen LogP contribution in [0.5, 0.6) is 5.75 Å². The fourth-order valence-corrected chi connectivity index (χ4v) is 5.81. The van der Waals surface area contributed by atoms with E-state index in [1.807, 2.05) is 54.6 Å². The average molecular weight is 612 g/mol. The van der Waals surface area contributed by atoms with E-state index in [0.29, 0.717) is 19.4 Å². The first-order chi connectivity index (χ1) is 21.7. The summed E-state index contributed by atoms with van der Waals surface area (Å²) in [4.78, 5) is 57.4. The van der Waals surface area contributed by atoms with Crippen LogP contribution in [0.3, 0.4) is 0 Å². The summed E-state index contributed by atoms with van der Waals surface area (Å²) in [6.07, 6.45) is 3.13. The van der Waals surface area contributed by atoms with Gasteiger partial charge in [-0.05, 0) is 54.2 Å². The highest BCUT2D eigenvalue weighted by atomic mass is 16.4. The number of benzene rings is 3. The van der Waals surface area contributed by atoms with Crippen LogP contribution in [-0.4, -0.2) is 74.5 Å². The van der Waals surface area contributed by atoms with Gasteiger partial charge in [0, 0.05) is 36.5 Å².